The quantitative estimate of drug-likeness (QED) is 0.380. The van der Waals surface area contributed by atoms with Crippen LogP contribution in [0.1, 0.15) is 11.3 Å². The molecule has 1 saturated heterocycles. The van der Waals surface area contributed by atoms with Gasteiger partial charge in [-0.15, -0.1) is 0 Å². The summed E-state index contributed by atoms with van der Waals surface area (Å²) in [7, 11) is 0. The van der Waals surface area contributed by atoms with E-state index in [1.165, 1.54) is 0 Å². The molecule has 4 heterocycles. The fourth-order valence-corrected chi connectivity index (χ4v) is 4.62. The van der Waals surface area contributed by atoms with Crippen molar-refractivity contribution in [3.05, 3.63) is 103 Å². The molecular formula is C29H26N6. The molecule has 6 heteroatoms. The van der Waals surface area contributed by atoms with Crippen LogP contribution in [0, 0.1) is 0 Å². The number of piperazine rings is 1. The molecule has 1 aliphatic rings. The van der Waals surface area contributed by atoms with Gasteiger partial charge < -0.3 is 14.8 Å². The van der Waals surface area contributed by atoms with Gasteiger partial charge in [-0.2, -0.15) is 0 Å². The largest absolute Gasteiger partial charge is 0.368 e. The van der Waals surface area contributed by atoms with E-state index in [2.05, 4.69) is 45.1 Å². The van der Waals surface area contributed by atoms with Crippen LogP contribution in [0.3, 0.4) is 0 Å². The van der Waals surface area contributed by atoms with Gasteiger partial charge in [-0.1, -0.05) is 49.6 Å². The standard InChI is InChI=1S/C29H26N6/c1-20(23-18-22-8-3-4-9-25(22)30-19-23)34-14-16-35(17-15-34)21(2)24-12-7-13-28(31-24)29-32-26-10-5-6-11-27(26)33-29/h3-13,18-19H,1-2,14-17H2,(H,32,33). The van der Waals surface area contributed by atoms with Crippen molar-refractivity contribution in [2.75, 3.05) is 26.2 Å². The topological polar surface area (TPSA) is 60.9 Å². The van der Waals surface area contributed by atoms with Gasteiger partial charge in [-0.05, 0) is 36.4 Å². The zero-order valence-corrected chi connectivity index (χ0v) is 19.5. The summed E-state index contributed by atoms with van der Waals surface area (Å²) in [6, 6.07) is 24.4. The third-order valence-electron chi connectivity index (χ3n) is 6.64. The van der Waals surface area contributed by atoms with Crippen LogP contribution in [0.2, 0.25) is 0 Å². The van der Waals surface area contributed by atoms with Gasteiger partial charge in [0.05, 0.1) is 27.9 Å². The Balaban J connectivity index is 1.15. The minimum absolute atomic E-state index is 0.769. The highest BCUT2D eigenvalue weighted by molar-refractivity contribution is 5.82. The summed E-state index contributed by atoms with van der Waals surface area (Å²) in [5.41, 5.74) is 7.64. The molecule has 1 aliphatic heterocycles. The molecule has 1 N–H and O–H groups in total. The Morgan fingerprint density at radius 2 is 1.46 bits per heavy atom. The number of hydrogen-bond donors (Lipinski definition) is 1. The van der Waals surface area contributed by atoms with Gasteiger partial charge in [0.1, 0.15) is 5.69 Å². The maximum atomic E-state index is 4.87. The number of benzene rings is 2. The van der Waals surface area contributed by atoms with Crippen LogP contribution in [-0.2, 0) is 0 Å². The smallest absolute Gasteiger partial charge is 0.157 e. The number of hydrogen-bond acceptors (Lipinski definition) is 5. The van der Waals surface area contributed by atoms with E-state index in [4.69, 9.17) is 9.97 Å². The Labute approximate surface area is 204 Å². The Bertz CT molecular complexity index is 1530. The van der Waals surface area contributed by atoms with Gasteiger partial charge in [0, 0.05) is 49.0 Å². The van der Waals surface area contributed by atoms with E-state index in [0.29, 0.717) is 0 Å². The maximum absolute atomic E-state index is 4.87. The van der Waals surface area contributed by atoms with Crippen molar-refractivity contribution in [3.8, 4) is 11.5 Å². The number of para-hydroxylation sites is 3. The maximum Gasteiger partial charge on any atom is 0.157 e. The Kier molecular flexibility index (Phi) is 5.26. The molecule has 35 heavy (non-hydrogen) atoms. The summed E-state index contributed by atoms with van der Waals surface area (Å²) >= 11 is 0. The van der Waals surface area contributed by atoms with E-state index in [0.717, 1.165) is 82.3 Å². The second kappa shape index (κ2) is 8.72. The summed E-state index contributed by atoms with van der Waals surface area (Å²) in [6.07, 6.45) is 1.92. The zero-order chi connectivity index (χ0) is 23.8. The van der Waals surface area contributed by atoms with Crippen molar-refractivity contribution in [2.45, 2.75) is 0 Å². The van der Waals surface area contributed by atoms with Crippen LogP contribution in [0.25, 0.3) is 44.8 Å². The number of H-pyrrole nitrogens is 1. The first-order valence-corrected chi connectivity index (χ1v) is 11.8. The van der Waals surface area contributed by atoms with E-state index in [-0.39, 0.29) is 0 Å². The van der Waals surface area contributed by atoms with E-state index in [9.17, 15) is 0 Å². The Morgan fingerprint density at radius 1 is 0.743 bits per heavy atom. The first-order valence-electron chi connectivity index (χ1n) is 11.8. The number of pyridine rings is 2. The minimum atomic E-state index is 0.769. The molecule has 0 aliphatic carbocycles. The van der Waals surface area contributed by atoms with Gasteiger partial charge in [0.25, 0.3) is 0 Å². The molecule has 6 nitrogen and oxygen atoms in total. The fourth-order valence-electron chi connectivity index (χ4n) is 4.62. The van der Waals surface area contributed by atoms with Crippen LogP contribution in [0.15, 0.2) is 92.2 Å². The average molecular weight is 459 g/mol. The molecule has 0 saturated carbocycles. The Hall–Kier alpha value is -4.45. The predicted molar refractivity (Wildman–Crippen MR) is 142 cm³/mol. The normalized spacial score (nSPS) is 13.9. The highest BCUT2D eigenvalue weighted by Gasteiger charge is 2.21. The summed E-state index contributed by atoms with van der Waals surface area (Å²) < 4.78 is 0. The van der Waals surface area contributed by atoms with Gasteiger partial charge in [-0.25, -0.2) is 9.97 Å². The molecule has 0 bridgehead atoms. The molecule has 0 spiro atoms. The van der Waals surface area contributed by atoms with E-state index < -0.39 is 0 Å². The molecule has 0 atom stereocenters. The number of fused-ring (bicyclic) bond motifs is 2. The first kappa shape index (κ1) is 21.1. The van der Waals surface area contributed by atoms with Crippen molar-refractivity contribution in [1.29, 1.82) is 0 Å². The van der Waals surface area contributed by atoms with Crippen LogP contribution in [0.5, 0.6) is 0 Å². The highest BCUT2D eigenvalue weighted by Crippen LogP contribution is 2.26. The number of aromatic nitrogens is 4. The number of nitrogens with zero attached hydrogens (tertiary/aromatic N) is 5. The molecule has 3 aromatic heterocycles. The lowest BCUT2D eigenvalue weighted by Gasteiger charge is -2.38. The van der Waals surface area contributed by atoms with Crippen molar-refractivity contribution in [2.24, 2.45) is 0 Å². The lowest BCUT2D eigenvalue weighted by molar-refractivity contribution is 0.239. The molecular weight excluding hydrogens is 432 g/mol. The van der Waals surface area contributed by atoms with Crippen molar-refractivity contribution >= 4 is 33.3 Å². The number of rotatable bonds is 5. The number of aromatic amines is 1. The molecule has 1 fully saturated rings. The van der Waals surface area contributed by atoms with Crippen LogP contribution < -0.4 is 0 Å². The molecule has 2 aromatic carbocycles. The number of nitrogens with one attached hydrogen (secondary N) is 1. The van der Waals surface area contributed by atoms with Gasteiger partial charge in [0.2, 0.25) is 0 Å². The Morgan fingerprint density at radius 3 is 2.26 bits per heavy atom. The van der Waals surface area contributed by atoms with Crippen molar-refractivity contribution < 1.29 is 0 Å². The van der Waals surface area contributed by atoms with Crippen LogP contribution in [-0.4, -0.2) is 55.9 Å². The van der Waals surface area contributed by atoms with Gasteiger partial charge >= 0.3 is 0 Å². The van der Waals surface area contributed by atoms with Gasteiger partial charge in [-0.3, -0.25) is 4.98 Å². The predicted octanol–water partition coefficient (Wildman–Crippen LogP) is 5.43. The molecule has 6 rings (SSSR count). The third kappa shape index (κ3) is 4.04. The lowest BCUT2D eigenvalue weighted by Crippen LogP contribution is -2.44. The molecule has 0 radical (unpaired) electrons. The zero-order valence-electron chi connectivity index (χ0n) is 19.5. The summed E-state index contributed by atoms with van der Waals surface area (Å²) in [5.74, 6) is 0.769. The second-order valence-electron chi connectivity index (χ2n) is 8.79. The monoisotopic (exact) mass is 458 g/mol. The average Bonchev–Trinajstić information content (AvgIpc) is 3.37. The number of imidazole rings is 1. The third-order valence-corrected chi connectivity index (χ3v) is 6.64. The molecule has 172 valence electrons. The van der Waals surface area contributed by atoms with Crippen LogP contribution >= 0.6 is 0 Å². The van der Waals surface area contributed by atoms with E-state index in [1.807, 2.05) is 66.9 Å². The SMILES string of the molecule is C=C(c1cnc2ccccc2c1)N1CCN(C(=C)c2cccc(-c3nc4ccccc4[nH]3)n2)CC1. The molecule has 0 amide bonds. The van der Waals surface area contributed by atoms with E-state index >= 15 is 0 Å². The van der Waals surface area contributed by atoms with E-state index in [1.54, 1.807) is 0 Å². The van der Waals surface area contributed by atoms with Crippen molar-refractivity contribution in [1.82, 2.24) is 29.7 Å². The van der Waals surface area contributed by atoms with Crippen LogP contribution in [0.4, 0.5) is 0 Å². The highest BCUT2D eigenvalue weighted by atomic mass is 15.3. The fraction of sp³-hybridized carbons (Fsp3) is 0.138. The van der Waals surface area contributed by atoms with Gasteiger partial charge in [0.15, 0.2) is 5.82 Å². The second-order valence-corrected chi connectivity index (χ2v) is 8.79. The minimum Gasteiger partial charge on any atom is -0.368 e. The first-order chi connectivity index (χ1) is 17.2. The summed E-state index contributed by atoms with van der Waals surface area (Å²) in [6.45, 7) is 12.2. The summed E-state index contributed by atoms with van der Waals surface area (Å²) in [5, 5.41) is 1.13. The molecule has 0 unspecified atom stereocenters. The van der Waals surface area contributed by atoms with Crippen molar-refractivity contribution in [3.63, 3.8) is 0 Å². The lowest BCUT2D eigenvalue weighted by atomic mass is 10.1. The summed E-state index contributed by atoms with van der Waals surface area (Å²) in [4.78, 5) is 22.1. The molecule has 5 aromatic rings.